The van der Waals surface area contributed by atoms with Crippen LogP contribution in [-0.2, 0) is 14.8 Å². The van der Waals surface area contributed by atoms with Gasteiger partial charge in [-0.15, -0.1) is 5.10 Å². The molecule has 1 saturated heterocycles. The van der Waals surface area contributed by atoms with Crippen LogP contribution in [0.15, 0.2) is 51.8 Å². The zero-order valence-corrected chi connectivity index (χ0v) is 21.9. The van der Waals surface area contributed by atoms with Crippen molar-refractivity contribution in [3.63, 3.8) is 0 Å². The summed E-state index contributed by atoms with van der Waals surface area (Å²) >= 11 is 0. The Kier molecular flexibility index (Phi) is 8.12. The predicted octanol–water partition coefficient (Wildman–Crippen LogP) is 2.47. The number of piperazine rings is 1. The average molecular weight is 546 g/mol. The maximum Gasteiger partial charge on any atom is 0.409 e. The molecule has 2 aromatic carbocycles. The van der Waals surface area contributed by atoms with Crippen molar-refractivity contribution in [3.05, 3.63) is 48.0 Å². The van der Waals surface area contributed by atoms with Gasteiger partial charge in [-0.05, 0) is 49.4 Å². The third-order valence-corrected chi connectivity index (χ3v) is 7.71. The number of carbonyl (C=O) groups is 2. The second kappa shape index (κ2) is 11.5. The Balaban J connectivity index is 1.41. The molecular formula is C24H27N5O8S. The number of aromatic nitrogens is 2. The third kappa shape index (κ3) is 5.70. The van der Waals surface area contributed by atoms with Crippen LogP contribution in [0.3, 0.4) is 0 Å². The van der Waals surface area contributed by atoms with E-state index in [0.29, 0.717) is 17.1 Å². The van der Waals surface area contributed by atoms with E-state index >= 15 is 0 Å². The number of hydrogen-bond donors (Lipinski definition) is 1. The Morgan fingerprint density at radius 1 is 1.00 bits per heavy atom. The number of anilines is 1. The number of methoxy groups -OCH3 is 2. The van der Waals surface area contributed by atoms with E-state index in [2.05, 4.69) is 15.5 Å². The number of rotatable bonds is 8. The van der Waals surface area contributed by atoms with Crippen LogP contribution in [0.25, 0.3) is 11.5 Å². The first-order chi connectivity index (χ1) is 18.3. The molecule has 0 atom stereocenters. The monoisotopic (exact) mass is 545 g/mol. The van der Waals surface area contributed by atoms with Crippen molar-refractivity contribution in [2.45, 2.75) is 11.8 Å². The molecule has 0 spiro atoms. The molecule has 13 nitrogen and oxygen atoms in total. The van der Waals surface area contributed by atoms with E-state index in [9.17, 15) is 18.0 Å². The zero-order valence-electron chi connectivity index (χ0n) is 21.0. The Morgan fingerprint density at radius 2 is 1.71 bits per heavy atom. The molecule has 3 aromatic rings. The second-order valence-corrected chi connectivity index (χ2v) is 9.99. The molecule has 4 rings (SSSR count). The van der Waals surface area contributed by atoms with Gasteiger partial charge in [0.1, 0.15) is 11.5 Å². The molecule has 38 heavy (non-hydrogen) atoms. The SMILES string of the molecule is CCOC(=O)N1CCN(S(=O)(=O)c2ccc(C(=O)Nc3nnc(-c4cc(OC)ccc4OC)o3)cc2)CC1. The number of benzene rings is 2. The van der Waals surface area contributed by atoms with Gasteiger partial charge in [0.2, 0.25) is 10.0 Å². The smallest absolute Gasteiger partial charge is 0.409 e. The highest BCUT2D eigenvalue weighted by molar-refractivity contribution is 7.89. The number of hydrogen-bond acceptors (Lipinski definition) is 10. The quantitative estimate of drug-likeness (QED) is 0.446. The topological polar surface area (TPSA) is 153 Å². The van der Waals surface area contributed by atoms with E-state index < -0.39 is 22.0 Å². The second-order valence-electron chi connectivity index (χ2n) is 8.05. The van der Waals surface area contributed by atoms with Crippen molar-refractivity contribution in [3.8, 4) is 23.0 Å². The molecule has 202 valence electrons. The summed E-state index contributed by atoms with van der Waals surface area (Å²) in [6.07, 6.45) is -0.462. The minimum absolute atomic E-state index is 0.0313. The molecule has 0 aliphatic carbocycles. The van der Waals surface area contributed by atoms with Gasteiger partial charge >= 0.3 is 12.1 Å². The number of nitrogens with one attached hydrogen (secondary N) is 1. The number of sulfonamides is 1. The van der Waals surface area contributed by atoms with Gasteiger partial charge in [0.05, 0.1) is 31.3 Å². The lowest BCUT2D eigenvalue weighted by molar-refractivity contribution is 0.0933. The van der Waals surface area contributed by atoms with Gasteiger partial charge in [0.25, 0.3) is 11.8 Å². The maximum atomic E-state index is 13.0. The Bertz CT molecular complexity index is 1400. The molecule has 1 aliphatic rings. The van der Waals surface area contributed by atoms with Crippen LogP contribution in [0.4, 0.5) is 10.8 Å². The maximum absolute atomic E-state index is 13.0. The van der Waals surface area contributed by atoms with Gasteiger partial charge in [-0.25, -0.2) is 13.2 Å². The summed E-state index contributed by atoms with van der Waals surface area (Å²) in [5.74, 6) is 0.581. The Morgan fingerprint density at radius 3 is 2.34 bits per heavy atom. The highest BCUT2D eigenvalue weighted by atomic mass is 32.2. The van der Waals surface area contributed by atoms with E-state index in [0.717, 1.165) is 0 Å². The number of nitrogens with zero attached hydrogens (tertiary/aromatic N) is 4. The molecule has 0 unspecified atom stereocenters. The van der Waals surface area contributed by atoms with Crippen LogP contribution in [0.1, 0.15) is 17.3 Å². The van der Waals surface area contributed by atoms with Crippen LogP contribution < -0.4 is 14.8 Å². The van der Waals surface area contributed by atoms with Gasteiger partial charge in [-0.2, -0.15) is 4.31 Å². The lowest BCUT2D eigenvalue weighted by atomic mass is 10.2. The summed E-state index contributed by atoms with van der Waals surface area (Å²) in [6, 6.07) is 10.4. The molecule has 1 aromatic heterocycles. The molecular weight excluding hydrogens is 518 g/mol. The summed E-state index contributed by atoms with van der Waals surface area (Å²) in [7, 11) is -0.785. The van der Waals surface area contributed by atoms with Crippen LogP contribution in [0.5, 0.6) is 11.5 Å². The van der Waals surface area contributed by atoms with E-state index in [1.165, 1.54) is 47.7 Å². The normalized spacial score (nSPS) is 14.1. The fraction of sp³-hybridized carbons (Fsp3) is 0.333. The minimum Gasteiger partial charge on any atom is -0.497 e. The summed E-state index contributed by atoms with van der Waals surface area (Å²) in [4.78, 5) is 26.1. The van der Waals surface area contributed by atoms with Gasteiger partial charge in [-0.1, -0.05) is 5.10 Å². The van der Waals surface area contributed by atoms with Gasteiger partial charge in [0.15, 0.2) is 0 Å². The number of carbonyl (C=O) groups excluding carboxylic acids is 2. The van der Waals surface area contributed by atoms with Crippen LogP contribution in [-0.4, -0.2) is 86.8 Å². The standard InChI is InChI=1S/C24H27N5O8S/c1-4-36-24(31)28-11-13-29(14-12-28)38(32,33)18-8-5-16(6-9-18)21(30)25-23-27-26-22(37-23)19-15-17(34-2)7-10-20(19)35-3/h5-10,15H,4,11-14H2,1-3H3,(H,25,27,30). The van der Waals surface area contributed by atoms with E-state index in [-0.39, 0.29) is 55.2 Å². The van der Waals surface area contributed by atoms with Gasteiger partial charge in [-0.3, -0.25) is 10.1 Å². The Labute approximate surface area is 219 Å². The highest BCUT2D eigenvalue weighted by Crippen LogP contribution is 2.33. The fourth-order valence-electron chi connectivity index (χ4n) is 3.79. The molecule has 2 amide bonds. The molecule has 0 bridgehead atoms. The van der Waals surface area contributed by atoms with Crippen LogP contribution in [0, 0.1) is 0 Å². The Hall–Kier alpha value is -4.17. The number of ether oxygens (including phenoxy) is 3. The molecule has 0 radical (unpaired) electrons. The van der Waals surface area contributed by atoms with E-state index in [1.807, 2.05) is 0 Å². The first-order valence-corrected chi connectivity index (χ1v) is 13.1. The summed E-state index contributed by atoms with van der Waals surface area (Å²) in [5, 5.41) is 10.3. The first-order valence-electron chi connectivity index (χ1n) is 11.7. The van der Waals surface area contributed by atoms with Gasteiger partial charge < -0.3 is 23.5 Å². The predicted molar refractivity (Wildman–Crippen MR) is 135 cm³/mol. The van der Waals surface area contributed by atoms with Crippen molar-refractivity contribution in [1.29, 1.82) is 0 Å². The molecule has 2 heterocycles. The minimum atomic E-state index is -3.80. The van der Waals surface area contributed by atoms with E-state index in [1.54, 1.807) is 25.1 Å². The lowest BCUT2D eigenvalue weighted by Crippen LogP contribution is -2.50. The molecule has 1 aliphatic heterocycles. The average Bonchev–Trinajstić information content (AvgIpc) is 3.41. The largest absolute Gasteiger partial charge is 0.497 e. The third-order valence-electron chi connectivity index (χ3n) is 5.80. The molecule has 0 saturated carbocycles. The van der Waals surface area contributed by atoms with Gasteiger partial charge in [0, 0.05) is 31.7 Å². The van der Waals surface area contributed by atoms with Crippen molar-refractivity contribution >= 4 is 28.0 Å². The van der Waals surface area contributed by atoms with Crippen LogP contribution in [0.2, 0.25) is 0 Å². The summed E-state index contributed by atoms with van der Waals surface area (Å²) in [5.41, 5.74) is 0.673. The van der Waals surface area contributed by atoms with Crippen LogP contribution >= 0.6 is 0 Å². The van der Waals surface area contributed by atoms with E-state index in [4.69, 9.17) is 18.6 Å². The summed E-state index contributed by atoms with van der Waals surface area (Å²) in [6.45, 7) is 2.70. The number of amides is 2. The first kappa shape index (κ1) is 26.9. The zero-order chi connectivity index (χ0) is 27.3. The highest BCUT2D eigenvalue weighted by Gasteiger charge is 2.30. The van der Waals surface area contributed by atoms with Crippen molar-refractivity contribution in [2.75, 3.05) is 52.3 Å². The fourth-order valence-corrected chi connectivity index (χ4v) is 5.21. The van der Waals surface area contributed by atoms with Crippen molar-refractivity contribution < 1.29 is 36.6 Å². The van der Waals surface area contributed by atoms with Crippen molar-refractivity contribution in [2.24, 2.45) is 0 Å². The lowest BCUT2D eigenvalue weighted by Gasteiger charge is -2.33. The van der Waals surface area contributed by atoms with Crippen molar-refractivity contribution in [1.82, 2.24) is 19.4 Å². The summed E-state index contributed by atoms with van der Waals surface area (Å²) < 4.78 is 48.4. The molecule has 14 heteroatoms. The molecule has 1 fully saturated rings. The molecule has 1 N–H and O–H groups in total.